The number of ether oxygens (including phenoxy) is 1. The predicted molar refractivity (Wildman–Crippen MR) is 68.6 cm³/mol. The van der Waals surface area contributed by atoms with E-state index in [2.05, 4.69) is 15.0 Å². The van der Waals surface area contributed by atoms with Crippen LogP contribution in [0.1, 0.15) is 10.5 Å². The van der Waals surface area contributed by atoms with Gasteiger partial charge in [0.2, 0.25) is 0 Å². The predicted octanol–water partition coefficient (Wildman–Crippen LogP) is 1.64. The molecular formula is C13H10N4O2. The van der Waals surface area contributed by atoms with E-state index in [0.717, 1.165) is 5.69 Å². The average Bonchev–Trinajstić information content (AvgIpc) is 2.90. The fourth-order valence-electron chi connectivity index (χ4n) is 1.85. The number of methoxy groups -OCH3 is 1. The van der Waals surface area contributed by atoms with E-state index >= 15 is 0 Å². The van der Waals surface area contributed by atoms with Crippen molar-refractivity contribution in [3.05, 3.63) is 42.4 Å². The number of nitrogens with zero attached hydrogens (tertiary/aromatic N) is 4. The van der Waals surface area contributed by atoms with Crippen molar-refractivity contribution in [2.75, 3.05) is 7.11 Å². The van der Waals surface area contributed by atoms with E-state index in [4.69, 9.17) is 4.74 Å². The highest BCUT2D eigenvalue weighted by atomic mass is 16.5. The third-order valence-electron chi connectivity index (χ3n) is 2.73. The molecule has 6 heteroatoms. The maximum absolute atomic E-state index is 11.0. The van der Waals surface area contributed by atoms with Gasteiger partial charge < -0.3 is 4.74 Å². The highest BCUT2D eigenvalue weighted by molar-refractivity contribution is 5.91. The molecule has 0 spiro atoms. The Bertz CT molecular complexity index is 737. The number of carbonyl (C=O) groups excluding carboxylic acids is 1. The van der Waals surface area contributed by atoms with Crippen LogP contribution in [0.4, 0.5) is 0 Å². The van der Waals surface area contributed by atoms with Gasteiger partial charge in [0.05, 0.1) is 7.11 Å². The number of fused-ring (bicyclic) bond motifs is 1. The normalized spacial score (nSPS) is 10.6. The highest BCUT2D eigenvalue weighted by Crippen LogP contribution is 2.19. The molecule has 94 valence electrons. The van der Waals surface area contributed by atoms with Crippen molar-refractivity contribution in [2.24, 2.45) is 0 Å². The summed E-state index contributed by atoms with van der Waals surface area (Å²) in [6, 6.07) is 9.76. The summed E-state index contributed by atoms with van der Waals surface area (Å²) in [5.41, 5.74) is 2.12. The van der Waals surface area contributed by atoms with Crippen LogP contribution in [-0.4, -0.2) is 32.9 Å². The van der Waals surface area contributed by atoms with Crippen molar-refractivity contribution in [1.82, 2.24) is 19.5 Å². The van der Waals surface area contributed by atoms with Gasteiger partial charge in [0.25, 0.3) is 0 Å². The summed E-state index contributed by atoms with van der Waals surface area (Å²) in [4.78, 5) is 23.4. The van der Waals surface area contributed by atoms with Gasteiger partial charge in [-0.05, 0) is 12.1 Å². The second-order valence-electron chi connectivity index (χ2n) is 3.84. The maximum Gasteiger partial charge on any atom is 0.318 e. The highest BCUT2D eigenvalue weighted by Gasteiger charge is 2.13. The number of aromatic nitrogens is 4. The molecule has 2 heterocycles. The Morgan fingerprint density at radius 2 is 2.00 bits per heavy atom. The molecule has 19 heavy (non-hydrogen) atoms. The number of benzene rings is 1. The zero-order chi connectivity index (χ0) is 13.2. The quantitative estimate of drug-likeness (QED) is 0.664. The number of rotatable bonds is 3. The van der Waals surface area contributed by atoms with Gasteiger partial charge in [0.15, 0.2) is 11.9 Å². The summed E-state index contributed by atoms with van der Waals surface area (Å²) in [6.07, 6.45) is 2.26. The Hall–Kier alpha value is -2.76. The zero-order valence-electron chi connectivity index (χ0n) is 10.1. The first-order chi connectivity index (χ1) is 9.33. The minimum atomic E-state index is 0.146. The van der Waals surface area contributed by atoms with Crippen LogP contribution in [0.15, 0.2) is 36.7 Å². The maximum atomic E-state index is 11.0. The first kappa shape index (κ1) is 11.3. The number of aldehydes is 1. The lowest BCUT2D eigenvalue weighted by Gasteiger charge is -2.04. The van der Waals surface area contributed by atoms with Gasteiger partial charge in [-0.25, -0.2) is 4.98 Å². The van der Waals surface area contributed by atoms with Crippen molar-refractivity contribution in [3.63, 3.8) is 0 Å². The fourth-order valence-corrected chi connectivity index (χ4v) is 1.85. The van der Waals surface area contributed by atoms with Gasteiger partial charge in [0.1, 0.15) is 17.5 Å². The Labute approximate surface area is 108 Å². The molecule has 3 rings (SSSR count). The Balaban J connectivity index is 2.30. The molecule has 0 N–H and O–H groups in total. The number of imidazole rings is 1. The number of hydrogen-bond acceptors (Lipinski definition) is 5. The monoisotopic (exact) mass is 254 g/mol. The molecule has 0 aliphatic carbocycles. The van der Waals surface area contributed by atoms with E-state index in [1.54, 1.807) is 10.9 Å². The lowest BCUT2D eigenvalue weighted by molar-refractivity contribution is 0.111. The molecule has 6 nitrogen and oxygen atoms in total. The summed E-state index contributed by atoms with van der Waals surface area (Å²) in [5.74, 6) is 0. The Morgan fingerprint density at radius 1 is 1.21 bits per heavy atom. The van der Waals surface area contributed by atoms with Crippen molar-refractivity contribution in [2.45, 2.75) is 0 Å². The van der Waals surface area contributed by atoms with E-state index in [-0.39, 0.29) is 11.7 Å². The van der Waals surface area contributed by atoms with Gasteiger partial charge in [-0.15, -0.1) is 0 Å². The minimum absolute atomic E-state index is 0.146. The molecule has 0 aliphatic rings. The largest absolute Gasteiger partial charge is 0.467 e. The summed E-state index contributed by atoms with van der Waals surface area (Å²) < 4.78 is 6.79. The minimum Gasteiger partial charge on any atom is -0.467 e. The first-order valence-electron chi connectivity index (χ1n) is 5.63. The molecule has 0 bridgehead atoms. The van der Waals surface area contributed by atoms with Gasteiger partial charge >= 0.3 is 6.01 Å². The number of carbonyl (C=O) groups is 1. The second-order valence-corrected chi connectivity index (χ2v) is 3.84. The van der Waals surface area contributed by atoms with E-state index < -0.39 is 0 Å². The van der Waals surface area contributed by atoms with E-state index in [1.165, 1.54) is 7.11 Å². The van der Waals surface area contributed by atoms with Crippen LogP contribution in [0.5, 0.6) is 6.01 Å². The molecule has 0 unspecified atom stereocenters. The molecule has 0 atom stereocenters. The molecule has 0 fully saturated rings. The smallest absolute Gasteiger partial charge is 0.318 e. The lowest BCUT2D eigenvalue weighted by Crippen LogP contribution is -2.00. The zero-order valence-corrected chi connectivity index (χ0v) is 10.1. The van der Waals surface area contributed by atoms with Crippen LogP contribution < -0.4 is 4.74 Å². The summed E-state index contributed by atoms with van der Waals surface area (Å²) in [5, 5.41) is 0. The van der Waals surface area contributed by atoms with Crippen LogP contribution in [0.25, 0.3) is 16.9 Å². The third kappa shape index (κ3) is 1.83. The summed E-state index contributed by atoms with van der Waals surface area (Å²) in [7, 11) is 1.46. The molecule has 0 radical (unpaired) electrons. The topological polar surface area (TPSA) is 69.9 Å². The second kappa shape index (κ2) is 4.49. The fraction of sp³-hybridized carbons (Fsp3) is 0.0769. The van der Waals surface area contributed by atoms with Gasteiger partial charge in [-0.3, -0.25) is 9.36 Å². The van der Waals surface area contributed by atoms with Crippen molar-refractivity contribution < 1.29 is 9.53 Å². The van der Waals surface area contributed by atoms with E-state index in [9.17, 15) is 4.79 Å². The standard InChI is InChI=1S/C13H10N4O2/c1-19-13-15-10(7-18)11-12(16-13)17(8-14-11)9-5-3-2-4-6-9/h2-8H,1H3. The molecule has 3 aromatic rings. The van der Waals surface area contributed by atoms with Crippen LogP contribution in [0.3, 0.4) is 0 Å². The first-order valence-corrected chi connectivity index (χ1v) is 5.63. The van der Waals surface area contributed by atoms with E-state index in [0.29, 0.717) is 17.5 Å². The average molecular weight is 254 g/mol. The van der Waals surface area contributed by atoms with Gasteiger partial charge in [-0.2, -0.15) is 9.97 Å². The van der Waals surface area contributed by atoms with Crippen molar-refractivity contribution in [3.8, 4) is 11.7 Å². The molecule has 1 aromatic carbocycles. The molecule has 0 saturated carbocycles. The molecule has 0 saturated heterocycles. The van der Waals surface area contributed by atoms with E-state index in [1.807, 2.05) is 30.3 Å². The van der Waals surface area contributed by atoms with Crippen molar-refractivity contribution in [1.29, 1.82) is 0 Å². The Morgan fingerprint density at radius 3 is 2.68 bits per heavy atom. The lowest BCUT2D eigenvalue weighted by atomic mass is 10.3. The van der Waals surface area contributed by atoms with Crippen LogP contribution in [0.2, 0.25) is 0 Å². The van der Waals surface area contributed by atoms with Gasteiger partial charge in [-0.1, -0.05) is 18.2 Å². The summed E-state index contributed by atoms with van der Waals surface area (Å²) in [6.45, 7) is 0. The molecular weight excluding hydrogens is 244 g/mol. The van der Waals surface area contributed by atoms with Crippen LogP contribution in [0, 0.1) is 0 Å². The summed E-state index contributed by atoms with van der Waals surface area (Å²) >= 11 is 0. The van der Waals surface area contributed by atoms with Gasteiger partial charge in [0, 0.05) is 5.69 Å². The molecule has 0 amide bonds. The SMILES string of the molecule is COc1nc(C=O)c2ncn(-c3ccccc3)c2n1. The number of para-hydroxylation sites is 1. The number of hydrogen-bond donors (Lipinski definition) is 0. The molecule has 0 aliphatic heterocycles. The van der Waals surface area contributed by atoms with Crippen LogP contribution in [-0.2, 0) is 0 Å². The van der Waals surface area contributed by atoms with Crippen LogP contribution >= 0.6 is 0 Å². The van der Waals surface area contributed by atoms with Crippen molar-refractivity contribution >= 4 is 17.5 Å². The Kier molecular flexibility index (Phi) is 2.68. The molecule has 2 aromatic heterocycles. The third-order valence-corrected chi connectivity index (χ3v) is 2.73.